The molecule has 142 valence electrons. The molecule has 7 heteroatoms. The summed E-state index contributed by atoms with van der Waals surface area (Å²) in [6, 6.07) is 13.7. The molecule has 0 radical (unpaired) electrons. The second kappa shape index (κ2) is 7.45. The molecule has 3 aromatic rings. The summed E-state index contributed by atoms with van der Waals surface area (Å²) in [6.07, 6.45) is 3.09. The number of aryl methyl sites for hydroxylation is 1. The number of carbonyl (C=O) groups is 1. The van der Waals surface area contributed by atoms with Crippen molar-refractivity contribution in [3.63, 3.8) is 0 Å². The first-order valence-corrected chi connectivity index (χ1v) is 10.3. The van der Waals surface area contributed by atoms with Crippen molar-refractivity contribution in [1.29, 1.82) is 0 Å². The number of benzene rings is 2. The van der Waals surface area contributed by atoms with Crippen molar-refractivity contribution in [2.45, 2.75) is 25.0 Å². The summed E-state index contributed by atoms with van der Waals surface area (Å²) < 4.78 is 7.47. The van der Waals surface area contributed by atoms with E-state index in [4.69, 9.17) is 21.3 Å². The number of fused-ring (bicyclic) bond motifs is 3. The van der Waals surface area contributed by atoms with Crippen molar-refractivity contribution < 1.29 is 9.53 Å². The van der Waals surface area contributed by atoms with Crippen LogP contribution < -0.4 is 0 Å². The van der Waals surface area contributed by atoms with Crippen LogP contribution in [-0.4, -0.2) is 27.5 Å². The number of imidazole rings is 1. The number of rotatable bonds is 3. The van der Waals surface area contributed by atoms with Gasteiger partial charge in [-0.25, -0.2) is 9.98 Å². The van der Waals surface area contributed by atoms with Crippen molar-refractivity contribution in [3.05, 3.63) is 76.3 Å². The summed E-state index contributed by atoms with van der Waals surface area (Å²) in [7, 11) is 0. The number of thioether (sulfide) groups is 1. The van der Waals surface area contributed by atoms with Crippen LogP contribution in [-0.2, 0) is 9.53 Å². The van der Waals surface area contributed by atoms with E-state index in [0.717, 1.165) is 27.4 Å². The van der Waals surface area contributed by atoms with Crippen LogP contribution in [0.4, 0.5) is 0 Å². The van der Waals surface area contributed by atoms with Gasteiger partial charge in [-0.15, -0.1) is 11.8 Å². The zero-order valence-electron chi connectivity index (χ0n) is 15.6. The molecule has 0 amide bonds. The van der Waals surface area contributed by atoms with Gasteiger partial charge in [0.05, 0.1) is 17.1 Å². The molecule has 0 bridgehead atoms. The highest BCUT2D eigenvalue weighted by Crippen LogP contribution is 2.34. The number of aliphatic imine (C=N–C) groups is 1. The highest BCUT2D eigenvalue weighted by atomic mass is 35.5. The second-order valence-corrected chi connectivity index (χ2v) is 7.70. The predicted molar refractivity (Wildman–Crippen MR) is 112 cm³/mol. The van der Waals surface area contributed by atoms with Gasteiger partial charge in [0.2, 0.25) is 0 Å². The highest BCUT2D eigenvalue weighted by Gasteiger charge is 2.29. The summed E-state index contributed by atoms with van der Waals surface area (Å²) in [5, 5.41) is 0.582. The van der Waals surface area contributed by atoms with E-state index in [2.05, 4.69) is 17.1 Å². The minimum atomic E-state index is -0.859. The summed E-state index contributed by atoms with van der Waals surface area (Å²) in [5.41, 5.74) is 4.10. The Balaban J connectivity index is 2.04. The quantitative estimate of drug-likeness (QED) is 0.451. The molecule has 0 saturated carbocycles. The minimum Gasteiger partial charge on any atom is -0.432 e. The topological polar surface area (TPSA) is 56.5 Å². The first kappa shape index (κ1) is 18.8. The van der Waals surface area contributed by atoms with Gasteiger partial charge < -0.3 is 4.74 Å². The van der Waals surface area contributed by atoms with Crippen LogP contribution in [0.5, 0.6) is 0 Å². The molecule has 2 aromatic carbocycles. The minimum absolute atomic E-state index is 0.421. The maximum atomic E-state index is 11.8. The van der Waals surface area contributed by atoms with Crippen LogP contribution in [0.3, 0.4) is 0 Å². The molecule has 1 unspecified atom stereocenters. The molecular weight excluding hydrogens is 394 g/mol. The molecule has 0 fully saturated rings. The number of carbonyl (C=O) groups excluding carboxylic acids is 1. The molecular formula is C21H18ClN3O2S. The monoisotopic (exact) mass is 411 g/mol. The van der Waals surface area contributed by atoms with Crippen molar-refractivity contribution in [3.8, 4) is 5.69 Å². The van der Waals surface area contributed by atoms with Crippen LogP contribution in [0, 0.1) is 6.92 Å². The van der Waals surface area contributed by atoms with E-state index >= 15 is 0 Å². The predicted octanol–water partition coefficient (Wildman–Crippen LogP) is 4.97. The first-order chi connectivity index (χ1) is 13.5. The molecule has 2 heterocycles. The van der Waals surface area contributed by atoms with Crippen LogP contribution in [0.25, 0.3) is 5.69 Å². The lowest BCUT2D eigenvalue weighted by atomic mass is 10.0. The molecule has 5 nitrogen and oxygen atoms in total. The Hall–Kier alpha value is -2.57. The third-order valence-corrected chi connectivity index (χ3v) is 5.50. The maximum absolute atomic E-state index is 11.8. The van der Waals surface area contributed by atoms with Crippen LogP contribution >= 0.6 is 23.4 Å². The zero-order valence-corrected chi connectivity index (χ0v) is 17.2. The lowest BCUT2D eigenvalue weighted by Gasteiger charge is -2.13. The summed E-state index contributed by atoms with van der Waals surface area (Å²) >= 11 is 8.15. The average molecular weight is 412 g/mol. The Morgan fingerprint density at radius 2 is 2.00 bits per heavy atom. The fourth-order valence-electron chi connectivity index (χ4n) is 3.27. The van der Waals surface area contributed by atoms with Crippen LogP contribution in [0.15, 0.2) is 58.5 Å². The van der Waals surface area contributed by atoms with Gasteiger partial charge in [0.25, 0.3) is 6.23 Å². The third kappa shape index (κ3) is 3.34. The van der Waals surface area contributed by atoms with Gasteiger partial charge in [-0.3, -0.25) is 9.36 Å². The molecule has 0 N–H and O–H groups in total. The molecule has 1 atom stereocenters. The van der Waals surface area contributed by atoms with Gasteiger partial charge in [-0.2, -0.15) is 0 Å². The van der Waals surface area contributed by atoms with Gasteiger partial charge in [0.1, 0.15) is 0 Å². The highest BCUT2D eigenvalue weighted by molar-refractivity contribution is 7.98. The van der Waals surface area contributed by atoms with E-state index < -0.39 is 12.2 Å². The summed E-state index contributed by atoms with van der Waals surface area (Å²) in [4.78, 5) is 22.3. The fourth-order valence-corrected chi connectivity index (χ4v) is 3.94. The molecule has 28 heavy (non-hydrogen) atoms. The maximum Gasteiger partial charge on any atom is 0.304 e. The smallest absolute Gasteiger partial charge is 0.304 e. The van der Waals surface area contributed by atoms with E-state index in [1.165, 1.54) is 6.92 Å². The van der Waals surface area contributed by atoms with E-state index in [1.54, 1.807) is 11.8 Å². The van der Waals surface area contributed by atoms with E-state index in [1.807, 2.05) is 54.3 Å². The number of nitrogens with zero attached hydrogens (tertiary/aromatic N) is 3. The molecule has 1 aliphatic rings. The number of halogens is 1. The number of esters is 1. The Kier molecular flexibility index (Phi) is 5.00. The number of ether oxygens (including phenoxy) is 1. The number of aromatic nitrogens is 2. The Morgan fingerprint density at radius 1 is 1.21 bits per heavy atom. The Morgan fingerprint density at radius 3 is 2.71 bits per heavy atom. The van der Waals surface area contributed by atoms with Gasteiger partial charge in [-0.1, -0.05) is 29.8 Å². The van der Waals surface area contributed by atoms with Gasteiger partial charge in [0, 0.05) is 34.2 Å². The summed E-state index contributed by atoms with van der Waals surface area (Å²) in [6.45, 7) is 3.27. The lowest BCUT2D eigenvalue weighted by Crippen LogP contribution is -2.12. The zero-order chi connectivity index (χ0) is 19.8. The SMILES string of the molecule is CSc1ccc2c(c1)C(c1ccccc1Cl)=NC(OC(C)=O)c1nc(C)cn1-2. The van der Waals surface area contributed by atoms with Crippen LogP contribution in [0.2, 0.25) is 5.02 Å². The van der Waals surface area contributed by atoms with Crippen molar-refractivity contribution >= 4 is 35.0 Å². The van der Waals surface area contributed by atoms with Crippen molar-refractivity contribution in [2.75, 3.05) is 6.26 Å². The second-order valence-electron chi connectivity index (χ2n) is 6.41. The molecule has 4 rings (SSSR count). The van der Waals surface area contributed by atoms with E-state index in [0.29, 0.717) is 16.6 Å². The van der Waals surface area contributed by atoms with E-state index in [9.17, 15) is 4.79 Å². The molecule has 1 aromatic heterocycles. The van der Waals surface area contributed by atoms with Crippen molar-refractivity contribution in [1.82, 2.24) is 9.55 Å². The molecule has 1 aliphatic heterocycles. The largest absolute Gasteiger partial charge is 0.432 e. The Labute approximate surface area is 172 Å². The molecule has 0 aliphatic carbocycles. The van der Waals surface area contributed by atoms with Gasteiger partial charge >= 0.3 is 5.97 Å². The Bertz CT molecular complexity index is 1110. The molecule has 0 spiro atoms. The standard InChI is InChI=1S/C21H18ClN3O2S/c1-12-11-25-18-9-8-14(28-3)10-16(18)19(15-6-4-5-7-17(15)22)24-21(20(25)23-12)27-13(2)26/h4-11,21H,1-3H3. The number of hydrogen-bond donors (Lipinski definition) is 0. The van der Waals surface area contributed by atoms with E-state index in [-0.39, 0.29) is 0 Å². The lowest BCUT2D eigenvalue weighted by molar-refractivity contribution is -0.146. The average Bonchev–Trinajstić information content (AvgIpc) is 3.01. The number of hydrogen-bond acceptors (Lipinski definition) is 5. The normalized spacial score (nSPS) is 15.3. The van der Waals surface area contributed by atoms with Gasteiger partial charge in [-0.05, 0) is 37.4 Å². The van der Waals surface area contributed by atoms with Gasteiger partial charge in [0.15, 0.2) is 5.82 Å². The fraction of sp³-hybridized carbons (Fsp3) is 0.190. The first-order valence-electron chi connectivity index (χ1n) is 8.72. The molecule has 0 saturated heterocycles. The summed E-state index contributed by atoms with van der Waals surface area (Å²) in [5.74, 6) is 0.142. The van der Waals surface area contributed by atoms with Crippen LogP contribution in [0.1, 0.15) is 35.8 Å². The third-order valence-electron chi connectivity index (χ3n) is 4.45. The van der Waals surface area contributed by atoms with Crippen molar-refractivity contribution in [2.24, 2.45) is 4.99 Å².